The van der Waals surface area contributed by atoms with Gasteiger partial charge in [0.05, 0.1) is 18.2 Å². The Morgan fingerprint density at radius 3 is 2.48 bits per heavy atom. The zero-order valence-corrected chi connectivity index (χ0v) is 16.1. The quantitative estimate of drug-likeness (QED) is 0.588. The highest BCUT2D eigenvalue weighted by Gasteiger charge is 2.31. The lowest BCUT2D eigenvalue weighted by atomic mass is 9.95. The van der Waals surface area contributed by atoms with Gasteiger partial charge in [-0.15, -0.1) is 0 Å². The molecule has 1 aliphatic heterocycles. The molecule has 2 aromatic carbocycles. The van der Waals surface area contributed by atoms with E-state index in [0.29, 0.717) is 23.0 Å². The maximum absolute atomic E-state index is 12.8. The first-order chi connectivity index (χ1) is 13.1. The monoisotopic (exact) mass is 382 g/mol. The molecule has 2 aromatic rings. The van der Waals surface area contributed by atoms with E-state index in [1.807, 2.05) is 68.4 Å². The van der Waals surface area contributed by atoms with E-state index < -0.39 is 0 Å². The Balaban J connectivity index is 1.81. The molecule has 5 nitrogen and oxygen atoms in total. The van der Waals surface area contributed by atoms with Crippen LogP contribution in [0.3, 0.4) is 0 Å². The van der Waals surface area contributed by atoms with Crippen molar-refractivity contribution in [2.24, 2.45) is 0 Å². The highest BCUT2D eigenvalue weighted by molar-refractivity contribution is 7.80. The molecular formula is C21H22N2O3S. The van der Waals surface area contributed by atoms with Crippen molar-refractivity contribution < 1.29 is 14.3 Å². The molecule has 0 saturated heterocycles. The zero-order valence-electron chi connectivity index (χ0n) is 15.3. The Labute approximate surface area is 164 Å². The first-order valence-electron chi connectivity index (χ1n) is 8.80. The normalized spacial score (nSPS) is 16.4. The van der Waals surface area contributed by atoms with E-state index in [-0.39, 0.29) is 18.6 Å². The summed E-state index contributed by atoms with van der Waals surface area (Å²) < 4.78 is 11.0. The van der Waals surface area contributed by atoms with Crippen molar-refractivity contribution >= 4 is 23.3 Å². The standard InChI is InChI=1S/C21H22N2O3S/c1-3-25-17-11-9-16(10-12-17)19-18(14(2)22-21(27)23-19)20(24)26-13-15-7-5-4-6-8-15/h4-12,19H,3,13H2,1-2H3,(H2,22,23,27)/t19-/m1/s1. The van der Waals surface area contributed by atoms with Crippen LogP contribution in [0.25, 0.3) is 0 Å². The molecule has 0 bridgehead atoms. The van der Waals surface area contributed by atoms with Crippen LogP contribution in [0.15, 0.2) is 65.9 Å². The molecule has 0 radical (unpaired) electrons. The van der Waals surface area contributed by atoms with Gasteiger partial charge in [0.1, 0.15) is 12.4 Å². The number of allylic oxidation sites excluding steroid dienone is 1. The molecule has 0 spiro atoms. The molecule has 1 atom stereocenters. The fourth-order valence-corrected chi connectivity index (χ4v) is 3.21. The maximum atomic E-state index is 12.8. The molecule has 3 rings (SSSR count). The summed E-state index contributed by atoms with van der Waals surface area (Å²) in [6.45, 7) is 4.59. The Bertz CT molecular complexity index is 847. The second-order valence-electron chi connectivity index (χ2n) is 6.13. The summed E-state index contributed by atoms with van der Waals surface area (Å²) in [6.07, 6.45) is 0. The Morgan fingerprint density at radius 2 is 1.81 bits per heavy atom. The van der Waals surface area contributed by atoms with Crippen LogP contribution in [-0.2, 0) is 16.1 Å². The fraction of sp³-hybridized carbons (Fsp3) is 0.238. The lowest BCUT2D eigenvalue weighted by Gasteiger charge is -2.30. The van der Waals surface area contributed by atoms with Crippen LogP contribution in [0.5, 0.6) is 5.75 Å². The van der Waals surface area contributed by atoms with E-state index in [1.54, 1.807) is 0 Å². The van der Waals surface area contributed by atoms with Gasteiger partial charge in [0, 0.05) is 5.70 Å². The largest absolute Gasteiger partial charge is 0.494 e. The van der Waals surface area contributed by atoms with Gasteiger partial charge in [-0.05, 0) is 49.3 Å². The summed E-state index contributed by atoms with van der Waals surface area (Å²) in [5.74, 6) is 0.407. The number of hydrogen-bond acceptors (Lipinski definition) is 4. The van der Waals surface area contributed by atoms with Crippen molar-refractivity contribution in [1.29, 1.82) is 0 Å². The van der Waals surface area contributed by atoms with E-state index in [9.17, 15) is 4.79 Å². The fourth-order valence-electron chi connectivity index (χ4n) is 2.94. The summed E-state index contributed by atoms with van der Waals surface area (Å²) in [6, 6.07) is 16.8. The van der Waals surface area contributed by atoms with Crippen LogP contribution < -0.4 is 15.4 Å². The number of carbonyl (C=O) groups is 1. The third kappa shape index (κ3) is 4.65. The number of rotatable bonds is 6. The van der Waals surface area contributed by atoms with Crippen LogP contribution >= 0.6 is 12.2 Å². The summed E-state index contributed by atoms with van der Waals surface area (Å²) in [5.41, 5.74) is 3.06. The first kappa shape index (κ1) is 18.9. The van der Waals surface area contributed by atoms with E-state index >= 15 is 0 Å². The van der Waals surface area contributed by atoms with Crippen LogP contribution in [0.4, 0.5) is 0 Å². The first-order valence-corrected chi connectivity index (χ1v) is 9.21. The molecule has 6 heteroatoms. The molecule has 0 aromatic heterocycles. The van der Waals surface area contributed by atoms with E-state index in [2.05, 4.69) is 10.6 Å². The SMILES string of the molecule is CCOc1ccc([C@H]2NC(=S)NC(C)=C2C(=O)OCc2ccccc2)cc1. The van der Waals surface area contributed by atoms with Crippen LogP contribution in [0.1, 0.15) is 31.0 Å². The van der Waals surface area contributed by atoms with Crippen molar-refractivity contribution in [3.63, 3.8) is 0 Å². The molecule has 0 unspecified atom stereocenters. The lowest BCUT2D eigenvalue weighted by molar-refractivity contribution is -0.140. The van der Waals surface area contributed by atoms with Gasteiger partial charge >= 0.3 is 5.97 Å². The summed E-state index contributed by atoms with van der Waals surface area (Å²) in [4.78, 5) is 12.8. The van der Waals surface area contributed by atoms with Crippen LogP contribution in [-0.4, -0.2) is 17.7 Å². The van der Waals surface area contributed by atoms with Crippen molar-refractivity contribution in [2.75, 3.05) is 6.61 Å². The predicted molar refractivity (Wildman–Crippen MR) is 108 cm³/mol. The zero-order chi connectivity index (χ0) is 19.2. The molecule has 2 N–H and O–H groups in total. The van der Waals surface area contributed by atoms with Gasteiger partial charge in [0.2, 0.25) is 0 Å². The van der Waals surface area contributed by atoms with Crippen molar-refractivity contribution in [2.45, 2.75) is 26.5 Å². The highest BCUT2D eigenvalue weighted by atomic mass is 32.1. The Hall–Kier alpha value is -2.86. The Kier molecular flexibility index (Phi) is 6.08. The molecule has 1 heterocycles. The van der Waals surface area contributed by atoms with Crippen molar-refractivity contribution in [3.05, 3.63) is 77.0 Å². The highest BCUT2D eigenvalue weighted by Crippen LogP contribution is 2.29. The van der Waals surface area contributed by atoms with E-state index in [1.165, 1.54) is 0 Å². The second-order valence-corrected chi connectivity index (χ2v) is 6.54. The van der Waals surface area contributed by atoms with Crippen LogP contribution in [0.2, 0.25) is 0 Å². The van der Waals surface area contributed by atoms with E-state index in [0.717, 1.165) is 16.9 Å². The van der Waals surface area contributed by atoms with Gasteiger partial charge in [0.25, 0.3) is 0 Å². The van der Waals surface area contributed by atoms with Gasteiger partial charge in [0.15, 0.2) is 5.11 Å². The second kappa shape index (κ2) is 8.68. The summed E-state index contributed by atoms with van der Waals surface area (Å²) >= 11 is 5.27. The minimum atomic E-state index is -0.377. The van der Waals surface area contributed by atoms with Crippen LogP contribution in [0, 0.1) is 0 Å². The van der Waals surface area contributed by atoms with Gasteiger partial charge in [-0.1, -0.05) is 42.5 Å². The smallest absolute Gasteiger partial charge is 0.338 e. The molecule has 1 aliphatic rings. The topological polar surface area (TPSA) is 59.6 Å². The van der Waals surface area contributed by atoms with Crippen molar-refractivity contribution in [3.8, 4) is 5.75 Å². The minimum absolute atomic E-state index is 0.219. The van der Waals surface area contributed by atoms with Gasteiger partial charge in [-0.25, -0.2) is 4.79 Å². The third-order valence-corrected chi connectivity index (χ3v) is 4.45. The third-order valence-electron chi connectivity index (χ3n) is 4.23. The maximum Gasteiger partial charge on any atom is 0.338 e. The lowest BCUT2D eigenvalue weighted by Crippen LogP contribution is -2.45. The molecule has 140 valence electrons. The number of carbonyl (C=O) groups excluding carboxylic acids is 1. The van der Waals surface area contributed by atoms with E-state index in [4.69, 9.17) is 21.7 Å². The number of hydrogen-bond donors (Lipinski definition) is 2. The molecule has 0 amide bonds. The number of ether oxygens (including phenoxy) is 2. The predicted octanol–water partition coefficient (Wildman–Crippen LogP) is 3.62. The average molecular weight is 382 g/mol. The number of thiocarbonyl (C=S) groups is 1. The molecule has 0 saturated carbocycles. The molecular weight excluding hydrogens is 360 g/mol. The number of benzene rings is 2. The summed E-state index contributed by atoms with van der Waals surface area (Å²) in [7, 11) is 0. The summed E-state index contributed by atoms with van der Waals surface area (Å²) in [5, 5.41) is 6.66. The Morgan fingerprint density at radius 1 is 1.11 bits per heavy atom. The number of esters is 1. The molecule has 0 fully saturated rings. The average Bonchev–Trinajstić information content (AvgIpc) is 2.67. The minimum Gasteiger partial charge on any atom is -0.494 e. The van der Waals surface area contributed by atoms with Crippen molar-refractivity contribution in [1.82, 2.24) is 10.6 Å². The van der Waals surface area contributed by atoms with Gasteiger partial charge < -0.3 is 20.1 Å². The van der Waals surface area contributed by atoms with Gasteiger partial charge in [-0.3, -0.25) is 0 Å². The molecule has 0 aliphatic carbocycles. The molecule has 27 heavy (non-hydrogen) atoms. The van der Waals surface area contributed by atoms with Gasteiger partial charge in [-0.2, -0.15) is 0 Å². The number of nitrogens with one attached hydrogen (secondary N) is 2.